The zero-order chi connectivity index (χ0) is 15.2. The summed E-state index contributed by atoms with van der Waals surface area (Å²) < 4.78 is 0. The average molecular weight is 283 g/mol. The maximum absolute atomic E-state index is 2.41. The minimum absolute atomic E-state index is 0.993. The van der Waals surface area contributed by atoms with Crippen molar-refractivity contribution < 1.29 is 0 Å². The molecule has 0 N–H and O–H groups in total. The largest absolute Gasteiger partial charge is 0.0654 e. The third-order valence-corrected chi connectivity index (χ3v) is 5.31. The number of rotatable bonds is 14. The molecular weight excluding hydrogens is 240 g/mol. The van der Waals surface area contributed by atoms with Gasteiger partial charge in [-0.3, -0.25) is 0 Å². The first-order valence-corrected chi connectivity index (χ1v) is 9.71. The van der Waals surface area contributed by atoms with Crippen LogP contribution in [0, 0.1) is 17.8 Å². The third-order valence-electron chi connectivity index (χ3n) is 5.31. The van der Waals surface area contributed by atoms with Crippen molar-refractivity contribution in [1.29, 1.82) is 0 Å². The molecule has 0 aliphatic carbocycles. The molecule has 0 saturated heterocycles. The van der Waals surface area contributed by atoms with Crippen molar-refractivity contribution in [1.82, 2.24) is 0 Å². The molecule has 0 amide bonds. The van der Waals surface area contributed by atoms with E-state index in [0.29, 0.717) is 0 Å². The van der Waals surface area contributed by atoms with E-state index in [9.17, 15) is 0 Å². The van der Waals surface area contributed by atoms with Crippen LogP contribution in [0.4, 0.5) is 0 Å². The molecule has 0 saturated carbocycles. The van der Waals surface area contributed by atoms with E-state index >= 15 is 0 Å². The van der Waals surface area contributed by atoms with Gasteiger partial charge in [0.1, 0.15) is 0 Å². The molecule has 0 heteroatoms. The van der Waals surface area contributed by atoms with E-state index in [-0.39, 0.29) is 0 Å². The van der Waals surface area contributed by atoms with Crippen LogP contribution in [0.25, 0.3) is 0 Å². The van der Waals surface area contributed by atoms with Crippen molar-refractivity contribution in [3.63, 3.8) is 0 Å². The molecule has 0 radical (unpaired) electrons. The van der Waals surface area contributed by atoms with Gasteiger partial charge in [0.05, 0.1) is 0 Å². The van der Waals surface area contributed by atoms with Gasteiger partial charge in [-0.1, -0.05) is 105 Å². The highest BCUT2D eigenvalue weighted by Crippen LogP contribution is 2.29. The summed E-state index contributed by atoms with van der Waals surface area (Å²) in [5, 5.41) is 0. The Morgan fingerprint density at radius 2 is 0.900 bits per heavy atom. The van der Waals surface area contributed by atoms with Gasteiger partial charge in [-0.2, -0.15) is 0 Å². The monoisotopic (exact) mass is 282 g/mol. The summed E-state index contributed by atoms with van der Waals surface area (Å²) in [5.74, 6) is 2.99. The highest BCUT2D eigenvalue weighted by atomic mass is 14.2. The smallest absolute Gasteiger partial charge is 0.0414 e. The third kappa shape index (κ3) is 9.83. The summed E-state index contributed by atoms with van der Waals surface area (Å²) in [6, 6.07) is 0. The predicted octanol–water partition coefficient (Wildman–Crippen LogP) is 7.62. The molecule has 0 nitrogen and oxygen atoms in total. The summed E-state index contributed by atoms with van der Waals surface area (Å²) in [6.07, 6.45) is 17.2. The molecule has 0 spiro atoms. The van der Waals surface area contributed by atoms with Crippen LogP contribution >= 0.6 is 0 Å². The minimum Gasteiger partial charge on any atom is -0.0654 e. The highest BCUT2D eigenvalue weighted by Gasteiger charge is 2.15. The van der Waals surface area contributed by atoms with Gasteiger partial charge in [0.2, 0.25) is 0 Å². The lowest BCUT2D eigenvalue weighted by molar-refractivity contribution is 0.287. The van der Waals surface area contributed by atoms with Gasteiger partial charge in [0.25, 0.3) is 0 Å². The van der Waals surface area contributed by atoms with Crippen LogP contribution in [-0.4, -0.2) is 0 Å². The van der Waals surface area contributed by atoms with Crippen LogP contribution in [0.2, 0.25) is 0 Å². The van der Waals surface area contributed by atoms with E-state index in [1.54, 1.807) is 0 Å². The van der Waals surface area contributed by atoms with E-state index in [2.05, 4.69) is 34.6 Å². The molecule has 0 rings (SSSR count). The Labute approximate surface area is 130 Å². The summed E-state index contributed by atoms with van der Waals surface area (Å²) in [4.78, 5) is 0. The zero-order valence-electron chi connectivity index (χ0n) is 15.2. The highest BCUT2D eigenvalue weighted by molar-refractivity contribution is 4.68. The first kappa shape index (κ1) is 20.0. The van der Waals surface area contributed by atoms with E-state index in [0.717, 1.165) is 17.8 Å². The van der Waals surface area contributed by atoms with Gasteiger partial charge in [0, 0.05) is 0 Å². The topological polar surface area (TPSA) is 0 Å². The lowest BCUT2D eigenvalue weighted by Crippen LogP contribution is -2.10. The fourth-order valence-corrected chi connectivity index (χ4v) is 3.46. The van der Waals surface area contributed by atoms with Crippen LogP contribution in [0.3, 0.4) is 0 Å². The van der Waals surface area contributed by atoms with Gasteiger partial charge in [0.15, 0.2) is 0 Å². The molecule has 3 unspecified atom stereocenters. The Hall–Kier alpha value is 0. The van der Waals surface area contributed by atoms with Crippen molar-refractivity contribution in [3.8, 4) is 0 Å². The van der Waals surface area contributed by atoms with E-state index in [1.807, 2.05) is 0 Å². The normalized spacial score (nSPS) is 16.1. The fraction of sp³-hybridized carbons (Fsp3) is 1.00. The second-order valence-corrected chi connectivity index (χ2v) is 6.92. The number of hydrogen-bond acceptors (Lipinski definition) is 0. The molecule has 0 aromatic carbocycles. The molecule has 20 heavy (non-hydrogen) atoms. The first-order chi connectivity index (χ1) is 9.71. The Morgan fingerprint density at radius 3 is 1.35 bits per heavy atom. The second kappa shape index (κ2) is 14.0. The second-order valence-electron chi connectivity index (χ2n) is 6.92. The summed E-state index contributed by atoms with van der Waals surface area (Å²) >= 11 is 0. The van der Waals surface area contributed by atoms with Crippen LogP contribution in [0.5, 0.6) is 0 Å². The van der Waals surface area contributed by atoms with Crippen LogP contribution in [0.1, 0.15) is 112 Å². The van der Waals surface area contributed by atoms with E-state index in [4.69, 9.17) is 0 Å². The number of hydrogen-bond donors (Lipinski definition) is 0. The number of unbranched alkanes of at least 4 members (excludes halogenated alkanes) is 2. The molecule has 0 bridgehead atoms. The quantitative estimate of drug-likeness (QED) is 0.307. The minimum atomic E-state index is 0.993. The van der Waals surface area contributed by atoms with Gasteiger partial charge >= 0.3 is 0 Å². The van der Waals surface area contributed by atoms with Crippen LogP contribution in [-0.2, 0) is 0 Å². The molecule has 3 atom stereocenters. The molecule has 0 aromatic heterocycles. The molecule has 0 heterocycles. The van der Waals surface area contributed by atoms with E-state index < -0.39 is 0 Å². The lowest BCUT2D eigenvalue weighted by Gasteiger charge is -2.24. The summed E-state index contributed by atoms with van der Waals surface area (Å²) in [7, 11) is 0. The Morgan fingerprint density at radius 1 is 0.500 bits per heavy atom. The van der Waals surface area contributed by atoms with Crippen LogP contribution < -0.4 is 0 Å². The Bertz CT molecular complexity index is 184. The average Bonchev–Trinajstić information content (AvgIpc) is 2.49. The standard InChI is InChI=1S/C20H42/c1-6-11-13-18(8-3)15-16-20(10-5)17-19(9-4)14-12-7-2/h18-20H,6-17H2,1-5H3. The van der Waals surface area contributed by atoms with Crippen molar-refractivity contribution in [2.24, 2.45) is 17.8 Å². The molecular formula is C20H42. The predicted molar refractivity (Wildman–Crippen MR) is 94.2 cm³/mol. The van der Waals surface area contributed by atoms with Gasteiger partial charge in [-0.05, 0) is 24.2 Å². The Kier molecular flexibility index (Phi) is 14.0. The molecule has 0 aliphatic heterocycles. The maximum Gasteiger partial charge on any atom is -0.0414 e. The molecule has 0 aromatic rings. The SMILES string of the molecule is CCCCC(CC)CCC(CC)CC(CC)CCCC. The fourth-order valence-electron chi connectivity index (χ4n) is 3.46. The van der Waals surface area contributed by atoms with Crippen molar-refractivity contribution in [2.45, 2.75) is 112 Å². The molecule has 0 fully saturated rings. The zero-order valence-corrected chi connectivity index (χ0v) is 15.2. The lowest BCUT2D eigenvalue weighted by atomic mass is 9.82. The molecule has 0 aliphatic rings. The first-order valence-electron chi connectivity index (χ1n) is 9.71. The molecule has 122 valence electrons. The van der Waals surface area contributed by atoms with Crippen molar-refractivity contribution >= 4 is 0 Å². The summed E-state index contributed by atoms with van der Waals surface area (Å²) in [5.41, 5.74) is 0. The van der Waals surface area contributed by atoms with Gasteiger partial charge in [-0.15, -0.1) is 0 Å². The maximum atomic E-state index is 2.41. The van der Waals surface area contributed by atoms with Crippen molar-refractivity contribution in [3.05, 3.63) is 0 Å². The van der Waals surface area contributed by atoms with Crippen LogP contribution in [0.15, 0.2) is 0 Å². The Balaban J connectivity index is 4.04. The summed E-state index contributed by atoms with van der Waals surface area (Å²) in [6.45, 7) is 11.8. The van der Waals surface area contributed by atoms with Crippen molar-refractivity contribution in [2.75, 3.05) is 0 Å². The van der Waals surface area contributed by atoms with Gasteiger partial charge < -0.3 is 0 Å². The van der Waals surface area contributed by atoms with Gasteiger partial charge in [-0.25, -0.2) is 0 Å². The van der Waals surface area contributed by atoms with E-state index in [1.165, 1.54) is 77.0 Å².